The summed E-state index contributed by atoms with van der Waals surface area (Å²) in [6.07, 6.45) is 8.76. The van der Waals surface area contributed by atoms with Crippen molar-refractivity contribution in [2.24, 2.45) is 0 Å². The second-order valence-corrected chi connectivity index (χ2v) is 7.50. The van der Waals surface area contributed by atoms with Gasteiger partial charge in [-0.2, -0.15) is 4.98 Å². The van der Waals surface area contributed by atoms with E-state index in [1.807, 2.05) is 12.1 Å². The van der Waals surface area contributed by atoms with E-state index in [9.17, 15) is 9.90 Å². The molecule has 1 amide bonds. The number of hydrogen-bond donors (Lipinski definition) is 4. The van der Waals surface area contributed by atoms with Gasteiger partial charge in [-0.05, 0) is 44.2 Å². The van der Waals surface area contributed by atoms with Crippen molar-refractivity contribution in [2.75, 3.05) is 22.5 Å². The normalized spacial score (nSPS) is 18.9. The van der Waals surface area contributed by atoms with Gasteiger partial charge in [0.2, 0.25) is 11.9 Å². The highest BCUT2D eigenvalue weighted by atomic mass is 16.3. The van der Waals surface area contributed by atoms with Crippen LogP contribution >= 0.6 is 0 Å². The van der Waals surface area contributed by atoms with Gasteiger partial charge in [-0.25, -0.2) is 4.98 Å². The highest BCUT2D eigenvalue weighted by Gasteiger charge is 2.21. The minimum absolute atomic E-state index is 0.132. The Bertz CT molecular complexity index is 803. The number of rotatable bonds is 8. The molecule has 2 aromatic rings. The van der Waals surface area contributed by atoms with Crippen molar-refractivity contribution in [1.29, 1.82) is 0 Å². The molecule has 2 heterocycles. The van der Waals surface area contributed by atoms with Gasteiger partial charge in [-0.1, -0.05) is 13.3 Å². The molecule has 0 aliphatic heterocycles. The zero-order valence-electron chi connectivity index (χ0n) is 17.1. The van der Waals surface area contributed by atoms with Crippen molar-refractivity contribution >= 4 is 23.4 Å². The first kappa shape index (κ1) is 21.0. The van der Waals surface area contributed by atoms with Gasteiger partial charge < -0.3 is 21.1 Å². The van der Waals surface area contributed by atoms with Gasteiger partial charge >= 0.3 is 0 Å². The molecule has 8 nitrogen and oxygen atoms in total. The van der Waals surface area contributed by atoms with Crippen LogP contribution in [0.1, 0.15) is 52.4 Å². The molecule has 1 saturated carbocycles. The predicted molar refractivity (Wildman–Crippen MR) is 115 cm³/mol. The quantitative estimate of drug-likeness (QED) is 0.504. The van der Waals surface area contributed by atoms with Gasteiger partial charge in [0.05, 0.1) is 29.2 Å². The van der Waals surface area contributed by atoms with Gasteiger partial charge in [-0.3, -0.25) is 9.78 Å². The number of pyridine rings is 1. The van der Waals surface area contributed by atoms with E-state index >= 15 is 0 Å². The van der Waals surface area contributed by atoms with E-state index in [4.69, 9.17) is 4.98 Å². The summed E-state index contributed by atoms with van der Waals surface area (Å²) in [6.45, 7) is 4.44. The van der Waals surface area contributed by atoms with Crippen LogP contribution in [-0.4, -0.2) is 44.7 Å². The molecular weight excluding hydrogens is 368 g/mol. The van der Waals surface area contributed by atoms with Crippen molar-refractivity contribution in [1.82, 2.24) is 15.0 Å². The van der Waals surface area contributed by atoms with Gasteiger partial charge in [0.25, 0.3) is 0 Å². The molecule has 156 valence electrons. The molecule has 4 N–H and O–H groups in total. The molecule has 1 aliphatic rings. The second-order valence-electron chi connectivity index (χ2n) is 7.50. The van der Waals surface area contributed by atoms with Crippen molar-refractivity contribution in [2.45, 2.75) is 64.5 Å². The lowest BCUT2D eigenvalue weighted by atomic mass is 9.93. The molecule has 0 atom stereocenters. The van der Waals surface area contributed by atoms with Crippen LogP contribution in [-0.2, 0) is 4.79 Å². The third-order valence-corrected chi connectivity index (χ3v) is 5.00. The number of carbonyl (C=O) groups excluding carboxylic acids is 1. The molecule has 0 radical (unpaired) electrons. The summed E-state index contributed by atoms with van der Waals surface area (Å²) in [6, 6.07) is 3.93. The SMILES string of the molecule is CCCCNc1ncc(-c2ccc(NC(C)=O)cn2)c(N[C@H]2CC[C@H](O)CC2)n1. The Morgan fingerprint density at radius 2 is 1.97 bits per heavy atom. The lowest BCUT2D eigenvalue weighted by Gasteiger charge is -2.27. The van der Waals surface area contributed by atoms with Crippen molar-refractivity contribution in [3.8, 4) is 11.3 Å². The molecule has 1 aliphatic carbocycles. The second kappa shape index (κ2) is 10.2. The third kappa shape index (κ3) is 6.12. The van der Waals surface area contributed by atoms with Crippen LogP contribution in [0.5, 0.6) is 0 Å². The van der Waals surface area contributed by atoms with Gasteiger partial charge in [0.1, 0.15) is 5.82 Å². The minimum Gasteiger partial charge on any atom is -0.393 e. The Balaban J connectivity index is 1.82. The lowest BCUT2D eigenvalue weighted by Crippen LogP contribution is -2.29. The first-order valence-corrected chi connectivity index (χ1v) is 10.3. The molecule has 0 unspecified atom stereocenters. The predicted octanol–water partition coefficient (Wildman–Crippen LogP) is 3.42. The number of nitrogens with one attached hydrogen (secondary N) is 3. The fourth-order valence-corrected chi connectivity index (χ4v) is 3.39. The Morgan fingerprint density at radius 1 is 1.17 bits per heavy atom. The zero-order chi connectivity index (χ0) is 20.6. The topological polar surface area (TPSA) is 112 Å². The summed E-state index contributed by atoms with van der Waals surface area (Å²) in [5.41, 5.74) is 2.19. The summed E-state index contributed by atoms with van der Waals surface area (Å²) in [5.74, 6) is 1.20. The molecule has 0 spiro atoms. The number of nitrogens with zero attached hydrogens (tertiary/aromatic N) is 3. The molecular formula is C21H30N6O2. The van der Waals surface area contributed by atoms with Gasteiger partial charge in [-0.15, -0.1) is 0 Å². The van der Waals surface area contributed by atoms with Crippen LogP contribution in [0.4, 0.5) is 17.5 Å². The minimum atomic E-state index is -0.202. The number of aliphatic hydroxyl groups is 1. The molecule has 29 heavy (non-hydrogen) atoms. The Labute approximate surface area is 171 Å². The molecule has 8 heteroatoms. The maximum Gasteiger partial charge on any atom is 0.224 e. The average Bonchev–Trinajstić information content (AvgIpc) is 2.71. The molecule has 3 rings (SSSR count). The smallest absolute Gasteiger partial charge is 0.224 e. The summed E-state index contributed by atoms with van der Waals surface area (Å²) >= 11 is 0. The van der Waals surface area contributed by atoms with E-state index in [-0.39, 0.29) is 18.1 Å². The van der Waals surface area contributed by atoms with Gasteiger partial charge in [0.15, 0.2) is 0 Å². The van der Waals surface area contributed by atoms with Crippen molar-refractivity contribution < 1.29 is 9.90 Å². The number of hydrogen-bond acceptors (Lipinski definition) is 7. The standard InChI is InChI=1S/C21H30N6O2/c1-3-4-11-22-21-24-13-18(19-10-7-16(12-23-19)25-14(2)28)20(27-21)26-15-5-8-17(29)9-6-15/h7,10,12-13,15,17,29H,3-6,8-9,11H2,1-2H3,(H,25,28)(H2,22,24,26,27)/t15-,17-. The first-order chi connectivity index (χ1) is 14.0. The Kier molecular flexibility index (Phi) is 7.35. The number of aromatic nitrogens is 3. The highest BCUT2D eigenvalue weighted by molar-refractivity contribution is 5.88. The number of carbonyl (C=O) groups is 1. The molecule has 1 fully saturated rings. The van der Waals surface area contributed by atoms with Crippen LogP contribution < -0.4 is 16.0 Å². The van der Waals surface area contributed by atoms with E-state index in [0.717, 1.165) is 62.1 Å². The number of unbranched alkanes of at least 4 members (excludes halogenated alkanes) is 1. The van der Waals surface area contributed by atoms with E-state index < -0.39 is 0 Å². The van der Waals surface area contributed by atoms with Crippen LogP contribution in [0.2, 0.25) is 0 Å². The van der Waals surface area contributed by atoms with Crippen LogP contribution in [0, 0.1) is 0 Å². The maximum absolute atomic E-state index is 11.2. The number of amides is 1. The molecule has 0 aromatic carbocycles. The Hall–Kier alpha value is -2.74. The summed E-state index contributed by atoms with van der Waals surface area (Å²) in [5, 5.41) is 19.3. The van der Waals surface area contributed by atoms with Crippen LogP contribution in [0.3, 0.4) is 0 Å². The lowest BCUT2D eigenvalue weighted by molar-refractivity contribution is -0.114. The maximum atomic E-state index is 11.2. The average molecular weight is 399 g/mol. The monoisotopic (exact) mass is 398 g/mol. The summed E-state index contributed by atoms with van der Waals surface area (Å²) in [4.78, 5) is 24.8. The molecule has 2 aromatic heterocycles. The van der Waals surface area contributed by atoms with E-state index in [1.54, 1.807) is 12.4 Å². The molecule has 0 saturated heterocycles. The summed E-state index contributed by atoms with van der Waals surface area (Å²) in [7, 11) is 0. The number of anilines is 3. The summed E-state index contributed by atoms with van der Waals surface area (Å²) < 4.78 is 0. The van der Waals surface area contributed by atoms with E-state index in [2.05, 4.69) is 32.8 Å². The zero-order valence-corrected chi connectivity index (χ0v) is 17.1. The number of aliphatic hydroxyl groups excluding tert-OH is 1. The van der Waals surface area contributed by atoms with Gasteiger partial charge in [0, 0.05) is 25.7 Å². The molecule has 0 bridgehead atoms. The largest absolute Gasteiger partial charge is 0.393 e. The fourth-order valence-electron chi connectivity index (χ4n) is 3.39. The van der Waals surface area contributed by atoms with Crippen LogP contribution in [0.15, 0.2) is 24.5 Å². The first-order valence-electron chi connectivity index (χ1n) is 10.3. The Morgan fingerprint density at radius 3 is 2.62 bits per heavy atom. The van der Waals surface area contributed by atoms with E-state index in [1.165, 1.54) is 6.92 Å². The van der Waals surface area contributed by atoms with Crippen molar-refractivity contribution in [3.63, 3.8) is 0 Å². The van der Waals surface area contributed by atoms with Crippen LogP contribution in [0.25, 0.3) is 11.3 Å². The van der Waals surface area contributed by atoms with E-state index in [0.29, 0.717) is 11.6 Å². The fraction of sp³-hybridized carbons (Fsp3) is 0.524. The van der Waals surface area contributed by atoms with Crippen molar-refractivity contribution in [3.05, 3.63) is 24.5 Å². The highest BCUT2D eigenvalue weighted by Crippen LogP contribution is 2.29. The third-order valence-electron chi connectivity index (χ3n) is 5.00.